The van der Waals surface area contributed by atoms with Crippen molar-refractivity contribution in [3.8, 4) is 22.3 Å². The normalized spacial score (nSPS) is 13.2. The van der Waals surface area contributed by atoms with Crippen LogP contribution in [0.15, 0.2) is 328 Å². The molecule has 0 radical (unpaired) electrons. The lowest BCUT2D eigenvalue weighted by Gasteiger charge is -2.46. The topological polar surface area (TPSA) is 19.4 Å². The summed E-state index contributed by atoms with van der Waals surface area (Å²) in [4.78, 5) is 14.2. The Morgan fingerprint density at radius 2 is 0.380 bits per heavy atom. The first-order chi connectivity index (χ1) is 45.0. The molecule has 92 heavy (non-hydrogen) atoms. The third kappa shape index (κ3) is 10.3. The molecule has 0 unspecified atom stereocenters. The number of hydrogen-bond acceptors (Lipinski definition) is 6. The lowest BCUT2D eigenvalue weighted by atomic mass is 9.69. The molecule has 446 valence electrons. The van der Waals surface area contributed by atoms with Gasteiger partial charge in [0.2, 0.25) is 0 Å². The molecular weight excluding hydrogens is 1120 g/mol. The summed E-state index contributed by atoms with van der Waals surface area (Å²) in [5.41, 5.74) is 27.3. The van der Waals surface area contributed by atoms with Crippen molar-refractivity contribution in [1.82, 2.24) is 0 Å². The van der Waals surface area contributed by atoms with Gasteiger partial charge in [-0.05, 0) is 214 Å². The first-order valence-corrected chi connectivity index (χ1v) is 31.9. The second-order valence-corrected chi connectivity index (χ2v) is 25.2. The molecule has 0 aliphatic carbocycles. The zero-order valence-corrected chi connectivity index (χ0v) is 52.9. The van der Waals surface area contributed by atoms with E-state index in [4.69, 9.17) is 0 Å². The van der Waals surface area contributed by atoms with Crippen molar-refractivity contribution in [3.05, 3.63) is 350 Å². The molecule has 13 aromatic carbocycles. The fourth-order valence-corrected chi connectivity index (χ4v) is 14.1. The van der Waals surface area contributed by atoms with Gasteiger partial charge in [-0.15, -0.1) is 0 Å². The minimum absolute atomic E-state index is 0.340. The van der Waals surface area contributed by atoms with Gasteiger partial charge in [0, 0.05) is 116 Å². The maximum Gasteiger partial charge on any atom is 0.0466 e. The maximum atomic E-state index is 2.49. The molecule has 2 heterocycles. The third-order valence-corrected chi connectivity index (χ3v) is 19.0. The van der Waals surface area contributed by atoms with Crippen LogP contribution in [-0.4, -0.2) is 14.1 Å². The molecule has 0 fully saturated rings. The van der Waals surface area contributed by atoms with Gasteiger partial charge in [-0.25, -0.2) is 0 Å². The minimum Gasteiger partial charge on any atom is -0.344 e. The van der Waals surface area contributed by atoms with Crippen LogP contribution in [0, 0.1) is 0 Å². The van der Waals surface area contributed by atoms with Crippen molar-refractivity contribution in [1.29, 1.82) is 0 Å². The van der Waals surface area contributed by atoms with Gasteiger partial charge in [0.05, 0.1) is 0 Å². The van der Waals surface area contributed by atoms with Crippen molar-refractivity contribution in [2.75, 3.05) is 43.5 Å². The average Bonchev–Trinajstić information content (AvgIpc) is 0.718. The molecule has 15 rings (SSSR count). The van der Waals surface area contributed by atoms with Gasteiger partial charge in [0.15, 0.2) is 0 Å². The van der Waals surface area contributed by atoms with Crippen LogP contribution in [-0.2, 0) is 10.8 Å². The molecule has 0 bridgehead atoms. The standard InChI is InChI=1S/C86H72N6/c1-85(2)77-57-75(91(69-33-21-11-22-34-69)73-49-41-63(42-50-73)61-37-45-71(46-38-61)89(65-25-13-7-14-26-65)66-27-15-8-16-28-66)53-55-81(77)87(5)83-60-80-84(59-79(83)85)88(6)82-56-54-76(58-78(82)86(80,3)4)92(70-35-23-12-24-36-70)74-51-43-64(44-52-74)62-39-47-72(48-40-62)90(67-29-17-9-18-30-67)68-31-19-10-20-32-68/h7-60H,1-6H3. The SMILES string of the molecule is CN1c2ccc(N(c3ccccc3)c3ccc(-c4ccc(N(c5ccccc5)c5ccccc5)cc4)cc3)cc2C(C)(C)c2cc3c(cc21)C(C)(C)c1cc(N(c2ccccc2)c2ccc(-c4ccc(N(c5ccccc5)c5ccccc5)cc4)cc2)ccc1N3C. The Labute approximate surface area is 542 Å². The number of anilines is 16. The monoisotopic (exact) mass is 1190 g/mol. The minimum atomic E-state index is -0.340. The lowest BCUT2D eigenvalue weighted by molar-refractivity contribution is 0.612. The van der Waals surface area contributed by atoms with E-state index in [0.29, 0.717) is 0 Å². The van der Waals surface area contributed by atoms with Crippen molar-refractivity contribution in [2.24, 2.45) is 0 Å². The Hall–Kier alpha value is -11.3. The quantitative estimate of drug-likeness (QED) is 0.107. The Bertz CT molecular complexity index is 4350. The Morgan fingerprint density at radius 1 is 0.196 bits per heavy atom. The van der Waals surface area contributed by atoms with Gasteiger partial charge >= 0.3 is 0 Å². The molecule has 6 nitrogen and oxygen atoms in total. The summed E-state index contributed by atoms with van der Waals surface area (Å²) in [6.45, 7) is 9.61. The average molecular weight is 1190 g/mol. The van der Waals surface area contributed by atoms with Crippen molar-refractivity contribution >= 4 is 91.0 Å². The summed E-state index contributed by atoms with van der Waals surface area (Å²) in [5, 5.41) is 0. The van der Waals surface area contributed by atoms with E-state index in [1.807, 2.05) is 0 Å². The Morgan fingerprint density at radius 3 is 0.609 bits per heavy atom. The number of hydrogen-bond donors (Lipinski definition) is 0. The highest BCUT2D eigenvalue weighted by Crippen LogP contribution is 2.57. The summed E-state index contributed by atoms with van der Waals surface area (Å²) in [7, 11) is 4.49. The van der Waals surface area contributed by atoms with Crippen LogP contribution in [0.1, 0.15) is 49.9 Å². The molecule has 2 aliphatic heterocycles. The molecule has 6 heteroatoms. The van der Waals surface area contributed by atoms with Crippen LogP contribution >= 0.6 is 0 Å². The summed E-state index contributed by atoms with van der Waals surface area (Å²) in [6, 6.07) is 119. The molecule has 0 aromatic heterocycles. The van der Waals surface area contributed by atoms with E-state index in [9.17, 15) is 0 Å². The number of nitrogens with zero attached hydrogens (tertiary/aromatic N) is 6. The van der Waals surface area contributed by atoms with Crippen molar-refractivity contribution in [2.45, 2.75) is 38.5 Å². The van der Waals surface area contributed by atoms with E-state index < -0.39 is 0 Å². The van der Waals surface area contributed by atoms with E-state index in [1.54, 1.807) is 0 Å². The van der Waals surface area contributed by atoms with Gasteiger partial charge in [-0.2, -0.15) is 0 Å². The Kier molecular flexibility index (Phi) is 14.6. The molecule has 0 saturated heterocycles. The van der Waals surface area contributed by atoms with Gasteiger partial charge < -0.3 is 29.4 Å². The fourth-order valence-electron chi connectivity index (χ4n) is 14.1. The summed E-state index contributed by atoms with van der Waals surface area (Å²) < 4.78 is 0. The molecule has 0 saturated carbocycles. The van der Waals surface area contributed by atoms with Crippen LogP contribution in [0.25, 0.3) is 22.3 Å². The third-order valence-electron chi connectivity index (χ3n) is 19.0. The lowest BCUT2D eigenvalue weighted by Crippen LogP contribution is -2.35. The number of fused-ring (bicyclic) bond motifs is 4. The van der Waals surface area contributed by atoms with Crippen LogP contribution in [0.2, 0.25) is 0 Å². The first-order valence-electron chi connectivity index (χ1n) is 31.9. The second kappa shape index (κ2) is 23.6. The van der Waals surface area contributed by atoms with Gasteiger partial charge in [-0.1, -0.05) is 185 Å². The smallest absolute Gasteiger partial charge is 0.0466 e. The highest BCUT2D eigenvalue weighted by Gasteiger charge is 2.42. The number of benzene rings is 13. The molecule has 0 atom stereocenters. The van der Waals surface area contributed by atoms with Crippen molar-refractivity contribution < 1.29 is 0 Å². The van der Waals surface area contributed by atoms with Crippen LogP contribution in [0.5, 0.6) is 0 Å². The van der Waals surface area contributed by atoms with E-state index >= 15 is 0 Å². The molecular formula is C86H72N6. The first kappa shape index (κ1) is 57.1. The van der Waals surface area contributed by atoms with Crippen LogP contribution < -0.4 is 29.4 Å². The highest BCUT2D eigenvalue weighted by molar-refractivity contribution is 5.90. The predicted molar refractivity (Wildman–Crippen MR) is 389 cm³/mol. The molecule has 0 spiro atoms. The molecule has 2 aliphatic rings. The van der Waals surface area contributed by atoms with E-state index in [1.165, 1.54) is 45.0 Å². The van der Waals surface area contributed by atoms with Crippen LogP contribution in [0.3, 0.4) is 0 Å². The fraction of sp³-hybridized carbons (Fsp3) is 0.0930. The zero-order valence-electron chi connectivity index (χ0n) is 52.9. The Balaban J connectivity index is 0.718. The number of para-hydroxylation sites is 6. The summed E-state index contributed by atoms with van der Waals surface area (Å²) in [5.74, 6) is 0. The molecule has 13 aromatic rings. The second-order valence-electron chi connectivity index (χ2n) is 25.2. The van der Waals surface area contributed by atoms with Gasteiger partial charge in [0.1, 0.15) is 0 Å². The van der Waals surface area contributed by atoms with Gasteiger partial charge in [-0.3, -0.25) is 0 Å². The van der Waals surface area contributed by atoms with Gasteiger partial charge in [0.25, 0.3) is 0 Å². The zero-order chi connectivity index (χ0) is 62.5. The van der Waals surface area contributed by atoms with Crippen LogP contribution in [0.4, 0.5) is 91.0 Å². The maximum absolute atomic E-state index is 2.49. The number of rotatable bonds is 14. The summed E-state index contributed by atoms with van der Waals surface area (Å²) in [6.07, 6.45) is 0. The van der Waals surface area contributed by atoms with E-state index in [-0.39, 0.29) is 10.8 Å². The largest absolute Gasteiger partial charge is 0.344 e. The van der Waals surface area contributed by atoms with E-state index in [2.05, 4.69) is 399 Å². The van der Waals surface area contributed by atoms with Crippen molar-refractivity contribution in [3.63, 3.8) is 0 Å². The van der Waals surface area contributed by atoms with E-state index in [0.717, 1.165) is 90.5 Å². The molecule has 0 amide bonds. The molecule has 0 N–H and O–H groups in total. The summed E-state index contributed by atoms with van der Waals surface area (Å²) >= 11 is 0. The predicted octanol–water partition coefficient (Wildman–Crippen LogP) is 23.7. The highest BCUT2D eigenvalue weighted by atomic mass is 15.2.